The molecular weight excluding hydrogens is 395 g/mol. The quantitative estimate of drug-likeness (QED) is 0.530. The molecule has 0 radical (unpaired) electrons. The van der Waals surface area contributed by atoms with Crippen molar-refractivity contribution in [1.82, 2.24) is 20.5 Å². The number of anilines is 2. The average Bonchev–Trinajstić information content (AvgIpc) is 3.60. The number of halogens is 1. The molecule has 31 heavy (non-hydrogen) atoms. The molecule has 1 atom stereocenters. The van der Waals surface area contributed by atoms with Crippen LogP contribution < -0.4 is 16.0 Å². The van der Waals surface area contributed by atoms with Crippen LogP contribution in [0, 0.1) is 11.7 Å². The first-order chi connectivity index (χ1) is 15.1. The van der Waals surface area contributed by atoms with Crippen LogP contribution in [0.2, 0.25) is 0 Å². The lowest BCUT2D eigenvalue weighted by atomic mass is 9.90. The number of pyridine rings is 1. The zero-order valence-electron chi connectivity index (χ0n) is 18.4. The van der Waals surface area contributed by atoms with Crippen molar-refractivity contribution in [3.8, 4) is 11.1 Å². The molecule has 0 saturated heterocycles. The summed E-state index contributed by atoms with van der Waals surface area (Å²) in [5.74, 6) is 1.76. The van der Waals surface area contributed by atoms with Crippen LogP contribution in [0.1, 0.15) is 45.4 Å². The van der Waals surface area contributed by atoms with Crippen molar-refractivity contribution in [2.45, 2.75) is 63.6 Å². The Hall–Kier alpha value is -2.32. The summed E-state index contributed by atoms with van der Waals surface area (Å²) >= 11 is 0. The van der Waals surface area contributed by atoms with Gasteiger partial charge in [-0.25, -0.2) is 9.37 Å². The SMILES string of the molecule is COC[C@@H](C)NC1CCC(Nc2cc(-c3cnnc(NCC4CC4)c3)c(F)cn2)CC1. The Balaban J connectivity index is 1.35. The number of methoxy groups -OCH3 is 1. The molecule has 0 unspecified atom stereocenters. The third kappa shape index (κ3) is 6.33. The highest BCUT2D eigenvalue weighted by molar-refractivity contribution is 5.68. The molecule has 0 spiro atoms. The van der Waals surface area contributed by atoms with Gasteiger partial charge in [-0.05, 0) is 63.5 Å². The number of nitrogens with one attached hydrogen (secondary N) is 3. The lowest BCUT2D eigenvalue weighted by Gasteiger charge is -2.31. The molecule has 0 aromatic carbocycles. The van der Waals surface area contributed by atoms with E-state index < -0.39 is 0 Å². The summed E-state index contributed by atoms with van der Waals surface area (Å²) in [6, 6.07) is 4.85. The molecule has 0 aliphatic heterocycles. The minimum absolute atomic E-state index is 0.341. The van der Waals surface area contributed by atoms with E-state index in [0.717, 1.165) is 44.8 Å². The Kier molecular flexibility index (Phi) is 7.29. The van der Waals surface area contributed by atoms with Gasteiger partial charge in [0.25, 0.3) is 0 Å². The summed E-state index contributed by atoms with van der Waals surface area (Å²) in [6.45, 7) is 3.77. The normalized spacial score (nSPS) is 22.2. The monoisotopic (exact) mass is 428 g/mol. The van der Waals surface area contributed by atoms with Gasteiger partial charge in [-0.1, -0.05) is 0 Å². The van der Waals surface area contributed by atoms with Crippen molar-refractivity contribution in [1.29, 1.82) is 0 Å². The summed E-state index contributed by atoms with van der Waals surface area (Å²) in [5, 5.41) is 18.6. The summed E-state index contributed by atoms with van der Waals surface area (Å²) in [7, 11) is 1.73. The highest BCUT2D eigenvalue weighted by Gasteiger charge is 2.23. The molecule has 2 aliphatic carbocycles. The molecule has 2 saturated carbocycles. The molecule has 8 heteroatoms. The van der Waals surface area contributed by atoms with E-state index in [1.807, 2.05) is 6.07 Å². The van der Waals surface area contributed by atoms with Crippen LogP contribution in [0.25, 0.3) is 11.1 Å². The van der Waals surface area contributed by atoms with Gasteiger partial charge in [0, 0.05) is 42.9 Å². The number of aromatic nitrogens is 3. The highest BCUT2D eigenvalue weighted by atomic mass is 19.1. The van der Waals surface area contributed by atoms with Gasteiger partial charge < -0.3 is 20.7 Å². The second kappa shape index (κ2) is 10.3. The standard InChI is InChI=1S/C23H33FN6O/c1-15(14-31-2)28-18-5-7-19(8-6-18)29-22-10-20(21(24)13-26-22)17-9-23(30-27-12-17)25-11-16-3-4-16/h9-10,12-13,15-16,18-19,28H,3-8,11,14H2,1-2H3,(H,25,30)(H,26,29)/t15-,18?,19?/m1/s1. The Labute approximate surface area is 183 Å². The molecule has 2 fully saturated rings. The van der Waals surface area contributed by atoms with E-state index >= 15 is 0 Å². The average molecular weight is 429 g/mol. The fourth-order valence-electron chi connectivity index (χ4n) is 4.22. The maximum absolute atomic E-state index is 14.5. The molecule has 4 rings (SSSR count). The smallest absolute Gasteiger partial charge is 0.149 e. The predicted molar refractivity (Wildman–Crippen MR) is 121 cm³/mol. The van der Waals surface area contributed by atoms with Crippen molar-refractivity contribution in [2.75, 3.05) is 30.9 Å². The number of hydrogen-bond donors (Lipinski definition) is 3. The van der Waals surface area contributed by atoms with Crippen LogP contribution >= 0.6 is 0 Å². The van der Waals surface area contributed by atoms with Gasteiger partial charge in [0.1, 0.15) is 17.5 Å². The first kappa shape index (κ1) is 21.9. The molecule has 0 amide bonds. The molecule has 2 heterocycles. The van der Waals surface area contributed by atoms with Crippen molar-refractivity contribution >= 4 is 11.6 Å². The van der Waals surface area contributed by atoms with Crippen LogP contribution in [-0.2, 0) is 4.74 Å². The van der Waals surface area contributed by atoms with Gasteiger partial charge in [0.15, 0.2) is 0 Å². The van der Waals surface area contributed by atoms with E-state index in [9.17, 15) is 4.39 Å². The molecule has 168 valence electrons. The first-order valence-electron chi connectivity index (χ1n) is 11.3. The van der Waals surface area contributed by atoms with E-state index in [2.05, 4.69) is 38.1 Å². The van der Waals surface area contributed by atoms with Crippen molar-refractivity contribution in [3.05, 3.63) is 30.3 Å². The van der Waals surface area contributed by atoms with Gasteiger partial charge >= 0.3 is 0 Å². The minimum atomic E-state index is -0.355. The van der Waals surface area contributed by atoms with Crippen molar-refractivity contribution < 1.29 is 9.13 Å². The van der Waals surface area contributed by atoms with Crippen LogP contribution in [0.4, 0.5) is 16.0 Å². The number of ether oxygens (including phenoxy) is 1. The van der Waals surface area contributed by atoms with Crippen LogP contribution in [-0.4, -0.2) is 53.6 Å². The molecule has 0 bridgehead atoms. The molecular formula is C23H33FN6O. The molecule has 7 nitrogen and oxygen atoms in total. The van der Waals surface area contributed by atoms with Crippen molar-refractivity contribution in [2.24, 2.45) is 5.92 Å². The number of rotatable bonds is 10. The Morgan fingerprint density at radius 1 is 1.06 bits per heavy atom. The lowest BCUT2D eigenvalue weighted by molar-refractivity contribution is 0.161. The zero-order valence-corrected chi connectivity index (χ0v) is 18.4. The zero-order chi connectivity index (χ0) is 21.6. The summed E-state index contributed by atoms with van der Waals surface area (Å²) in [6.07, 6.45) is 9.72. The fraction of sp³-hybridized carbons (Fsp3) is 0.609. The maximum Gasteiger partial charge on any atom is 0.149 e. The van der Waals surface area contributed by atoms with E-state index in [-0.39, 0.29) is 5.82 Å². The van der Waals surface area contributed by atoms with E-state index in [1.165, 1.54) is 19.0 Å². The second-order valence-corrected chi connectivity index (χ2v) is 8.92. The predicted octanol–water partition coefficient (Wildman–Crippen LogP) is 3.85. The fourth-order valence-corrected chi connectivity index (χ4v) is 4.22. The van der Waals surface area contributed by atoms with Gasteiger partial charge in [0.2, 0.25) is 0 Å². The first-order valence-corrected chi connectivity index (χ1v) is 11.3. The van der Waals surface area contributed by atoms with Gasteiger partial charge in [-0.3, -0.25) is 0 Å². The van der Waals surface area contributed by atoms with Gasteiger partial charge in [0.05, 0.1) is 19.0 Å². The Morgan fingerprint density at radius 2 is 1.84 bits per heavy atom. The lowest BCUT2D eigenvalue weighted by Crippen LogP contribution is -2.42. The topological polar surface area (TPSA) is 84.0 Å². The van der Waals surface area contributed by atoms with Crippen LogP contribution in [0.15, 0.2) is 24.5 Å². The third-order valence-electron chi connectivity index (χ3n) is 6.11. The van der Waals surface area contributed by atoms with Gasteiger partial charge in [-0.2, -0.15) is 5.10 Å². The molecule has 2 aromatic rings. The van der Waals surface area contributed by atoms with Crippen LogP contribution in [0.3, 0.4) is 0 Å². The number of nitrogens with zero attached hydrogens (tertiary/aromatic N) is 3. The minimum Gasteiger partial charge on any atom is -0.383 e. The third-order valence-corrected chi connectivity index (χ3v) is 6.11. The van der Waals surface area contributed by atoms with E-state index in [1.54, 1.807) is 19.4 Å². The van der Waals surface area contributed by atoms with Crippen LogP contribution in [0.5, 0.6) is 0 Å². The van der Waals surface area contributed by atoms with E-state index in [4.69, 9.17) is 4.74 Å². The number of hydrogen-bond acceptors (Lipinski definition) is 7. The maximum atomic E-state index is 14.5. The summed E-state index contributed by atoms with van der Waals surface area (Å²) in [4.78, 5) is 4.27. The molecule has 2 aliphatic rings. The Morgan fingerprint density at radius 3 is 2.58 bits per heavy atom. The van der Waals surface area contributed by atoms with E-state index in [0.29, 0.717) is 40.9 Å². The van der Waals surface area contributed by atoms with Gasteiger partial charge in [-0.15, -0.1) is 5.10 Å². The molecule has 3 N–H and O–H groups in total. The highest BCUT2D eigenvalue weighted by Crippen LogP contribution is 2.30. The Bertz CT molecular complexity index is 854. The summed E-state index contributed by atoms with van der Waals surface area (Å²) in [5.41, 5.74) is 1.20. The summed E-state index contributed by atoms with van der Waals surface area (Å²) < 4.78 is 19.8. The largest absolute Gasteiger partial charge is 0.383 e. The second-order valence-electron chi connectivity index (χ2n) is 8.92. The molecule has 2 aromatic heterocycles. The van der Waals surface area contributed by atoms with Crippen molar-refractivity contribution in [3.63, 3.8) is 0 Å².